The van der Waals surface area contributed by atoms with Gasteiger partial charge in [0.25, 0.3) is 0 Å². The van der Waals surface area contributed by atoms with Gasteiger partial charge in [0.15, 0.2) is 0 Å². The smallest absolute Gasteiger partial charge is 0.231 e. The van der Waals surface area contributed by atoms with E-state index in [1.165, 1.54) is 0 Å². The molecule has 0 radical (unpaired) electrons. The van der Waals surface area contributed by atoms with Gasteiger partial charge >= 0.3 is 0 Å². The molecule has 0 saturated carbocycles. The highest BCUT2D eigenvalue weighted by Crippen LogP contribution is 2.15. The first-order chi connectivity index (χ1) is 6.56. The molecule has 0 spiro atoms. The second-order valence-electron chi connectivity index (χ2n) is 3.47. The molecule has 0 fully saturated rings. The Balaban J connectivity index is 2.87. The van der Waals surface area contributed by atoms with Gasteiger partial charge < -0.3 is 10.6 Å². The number of aromatic nitrogens is 2. The van der Waals surface area contributed by atoms with E-state index in [1.54, 1.807) is 29.9 Å². The first-order valence-corrected chi connectivity index (χ1v) is 4.46. The zero-order valence-electron chi connectivity index (χ0n) is 8.77. The highest BCUT2D eigenvalue weighted by molar-refractivity contribution is 5.83. The Kier molecular flexibility index (Phi) is 3.24. The summed E-state index contributed by atoms with van der Waals surface area (Å²) in [6.45, 7) is 0.308. The summed E-state index contributed by atoms with van der Waals surface area (Å²) in [6, 6.07) is 0. The van der Waals surface area contributed by atoms with Crippen LogP contribution in [0.1, 0.15) is 11.5 Å². The van der Waals surface area contributed by atoms with Crippen LogP contribution < -0.4 is 5.73 Å². The Bertz CT molecular complexity index is 318. The fourth-order valence-electron chi connectivity index (χ4n) is 1.31. The lowest BCUT2D eigenvalue weighted by atomic mass is 10.0. The van der Waals surface area contributed by atoms with Crippen LogP contribution >= 0.6 is 0 Å². The molecule has 0 aromatic carbocycles. The van der Waals surface area contributed by atoms with Crippen LogP contribution in [0.2, 0.25) is 0 Å². The summed E-state index contributed by atoms with van der Waals surface area (Å²) in [5.41, 5.74) is 6.44. The Labute approximate surface area is 83.5 Å². The Morgan fingerprint density at radius 2 is 2.36 bits per heavy atom. The van der Waals surface area contributed by atoms with Gasteiger partial charge in [-0.05, 0) is 0 Å². The molecule has 0 bridgehead atoms. The van der Waals surface area contributed by atoms with Crippen LogP contribution in [-0.4, -0.2) is 41.2 Å². The number of carbonyl (C=O) groups excluding carboxylic acids is 1. The van der Waals surface area contributed by atoms with Gasteiger partial charge in [0.05, 0.1) is 12.1 Å². The molecule has 5 heteroatoms. The molecule has 0 aliphatic carbocycles. The SMILES string of the molecule is CN(C)C(=O)C(CN)c1cnn(C)c1. The monoisotopic (exact) mass is 196 g/mol. The van der Waals surface area contributed by atoms with Crippen molar-refractivity contribution in [3.05, 3.63) is 18.0 Å². The molecule has 0 aliphatic rings. The third-order valence-electron chi connectivity index (χ3n) is 2.10. The molecule has 1 aromatic rings. The normalized spacial score (nSPS) is 12.6. The maximum Gasteiger partial charge on any atom is 0.231 e. The highest BCUT2D eigenvalue weighted by Gasteiger charge is 2.21. The van der Waals surface area contributed by atoms with E-state index < -0.39 is 0 Å². The number of nitrogens with zero attached hydrogens (tertiary/aromatic N) is 3. The van der Waals surface area contributed by atoms with Crippen molar-refractivity contribution in [2.24, 2.45) is 12.8 Å². The molecule has 0 saturated heterocycles. The van der Waals surface area contributed by atoms with E-state index in [0.29, 0.717) is 6.54 Å². The van der Waals surface area contributed by atoms with Crippen LogP contribution in [-0.2, 0) is 11.8 Å². The fourth-order valence-corrected chi connectivity index (χ4v) is 1.31. The van der Waals surface area contributed by atoms with Crippen LogP contribution in [0.3, 0.4) is 0 Å². The van der Waals surface area contributed by atoms with E-state index in [2.05, 4.69) is 5.10 Å². The molecule has 0 aliphatic heterocycles. The molecule has 2 N–H and O–H groups in total. The molecule has 5 nitrogen and oxygen atoms in total. The van der Waals surface area contributed by atoms with Crippen molar-refractivity contribution < 1.29 is 4.79 Å². The van der Waals surface area contributed by atoms with Crippen molar-refractivity contribution in [2.45, 2.75) is 5.92 Å². The average molecular weight is 196 g/mol. The van der Waals surface area contributed by atoms with Gasteiger partial charge in [0.1, 0.15) is 0 Å². The van der Waals surface area contributed by atoms with Gasteiger partial charge in [-0.15, -0.1) is 0 Å². The summed E-state index contributed by atoms with van der Waals surface area (Å²) < 4.78 is 1.67. The first-order valence-electron chi connectivity index (χ1n) is 4.46. The molecule has 78 valence electrons. The number of rotatable bonds is 3. The van der Waals surface area contributed by atoms with Crippen molar-refractivity contribution in [3.8, 4) is 0 Å². The van der Waals surface area contributed by atoms with Gasteiger partial charge in [-0.2, -0.15) is 5.10 Å². The lowest BCUT2D eigenvalue weighted by molar-refractivity contribution is -0.130. The van der Waals surface area contributed by atoms with Crippen molar-refractivity contribution in [3.63, 3.8) is 0 Å². The van der Waals surface area contributed by atoms with Crippen LogP contribution in [0, 0.1) is 0 Å². The number of likely N-dealkylation sites (N-methyl/N-ethyl adjacent to an activating group) is 1. The summed E-state index contributed by atoms with van der Waals surface area (Å²) in [6.07, 6.45) is 3.50. The zero-order chi connectivity index (χ0) is 10.7. The third-order valence-corrected chi connectivity index (χ3v) is 2.10. The molecule has 1 aromatic heterocycles. The number of hydrogen-bond donors (Lipinski definition) is 1. The van der Waals surface area contributed by atoms with Crippen LogP contribution in [0.15, 0.2) is 12.4 Å². The topological polar surface area (TPSA) is 64.2 Å². The van der Waals surface area contributed by atoms with E-state index in [0.717, 1.165) is 5.56 Å². The molecule has 1 amide bonds. The van der Waals surface area contributed by atoms with E-state index in [9.17, 15) is 4.79 Å². The molecule has 14 heavy (non-hydrogen) atoms. The summed E-state index contributed by atoms with van der Waals surface area (Å²) >= 11 is 0. The van der Waals surface area contributed by atoms with Crippen LogP contribution in [0.5, 0.6) is 0 Å². The van der Waals surface area contributed by atoms with Gasteiger partial charge in [0, 0.05) is 39.4 Å². The number of nitrogens with two attached hydrogens (primary N) is 1. The van der Waals surface area contributed by atoms with E-state index in [-0.39, 0.29) is 11.8 Å². The minimum atomic E-state index is -0.279. The Morgan fingerprint density at radius 3 is 2.71 bits per heavy atom. The molecule has 1 unspecified atom stereocenters. The molecular formula is C9H16N4O. The number of aryl methyl sites for hydroxylation is 1. The van der Waals surface area contributed by atoms with Gasteiger partial charge in [-0.1, -0.05) is 0 Å². The second-order valence-corrected chi connectivity index (χ2v) is 3.47. The average Bonchev–Trinajstić information content (AvgIpc) is 2.53. The summed E-state index contributed by atoms with van der Waals surface area (Å²) in [7, 11) is 5.26. The summed E-state index contributed by atoms with van der Waals surface area (Å²) in [5.74, 6) is -0.265. The number of carbonyl (C=O) groups is 1. The van der Waals surface area contributed by atoms with Crippen molar-refractivity contribution in [1.29, 1.82) is 0 Å². The van der Waals surface area contributed by atoms with Crippen molar-refractivity contribution in [1.82, 2.24) is 14.7 Å². The van der Waals surface area contributed by atoms with Crippen molar-refractivity contribution in [2.75, 3.05) is 20.6 Å². The maximum atomic E-state index is 11.7. The molecular weight excluding hydrogens is 180 g/mol. The summed E-state index contributed by atoms with van der Waals surface area (Å²) in [5, 5.41) is 4.02. The number of amides is 1. The Morgan fingerprint density at radius 1 is 1.71 bits per heavy atom. The van der Waals surface area contributed by atoms with Gasteiger partial charge in [0.2, 0.25) is 5.91 Å². The Hall–Kier alpha value is -1.36. The molecule has 1 rings (SSSR count). The lowest BCUT2D eigenvalue weighted by Crippen LogP contribution is -2.32. The molecule has 1 heterocycles. The third kappa shape index (κ3) is 2.11. The fraction of sp³-hybridized carbons (Fsp3) is 0.556. The maximum absolute atomic E-state index is 11.7. The molecule has 1 atom stereocenters. The second kappa shape index (κ2) is 4.23. The van der Waals surface area contributed by atoms with Crippen LogP contribution in [0.25, 0.3) is 0 Å². The zero-order valence-corrected chi connectivity index (χ0v) is 8.77. The predicted molar refractivity (Wildman–Crippen MR) is 53.7 cm³/mol. The van der Waals surface area contributed by atoms with E-state index in [4.69, 9.17) is 5.73 Å². The van der Waals surface area contributed by atoms with Crippen LogP contribution in [0.4, 0.5) is 0 Å². The highest BCUT2D eigenvalue weighted by atomic mass is 16.2. The largest absolute Gasteiger partial charge is 0.348 e. The first kappa shape index (κ1) is 10.7. The number of hydrogen-bond acceptors (Lipinski definition) is 3. The van der Waals surface area contributed by atoms with Gasteiger partial charge in [-0.25, -0.2) is 0 Å². The predicted octanol–water partition coefficient (Wildman–Crippen LogP) is -0.449. The van der Waals surface area contributed by atoms with E-state index >= 15 is 0 Å². The van der Waals surface area contributed by atoms with E-state index in [1.807, 2.05) is 13.2 Å². The minimum absolute atomic E-state index is 0.0144. The van der Waals surface area contributed by atoms with Gasteiger partial charge in [-0.3, -0.25) is 9.48 Å². The summed E-state index contributed by atoms with van der Waals surface area (Å²) in [4.78, 5) is 13.2. The minimum Gasteiger partial charge on any atom is -0.348 e. The lowest BCUT2D eigenvalue weighted by Gasteiger charge is -2.17. The van der Waals surface area contributed by atoms with Crippen molar-refractivity contribution >= 4 is 5.91 Å². The quantitative estimate of drug-likeness (QED) is 0.712. The standard InChI is InChI=1S/C9H16N4O/c1-12(2)9(14)8(4-10)7-5-11-13(3)6-7/h5-6,8H,4,10H2,1-3H3.